The van der Waals surface area contributed by atoms with Crippen LogP contribution in [0.15, 0.2) is 11.4 Å². The standard InChI is InChI=1S/C14H26N4S/c1-5-12-13(15-6-2)16-11-17-14(12)19-10-9-18(7-3)8-4/h11H,5-10H2,1-4H3,(H,15,16,17). The molecular weight excluding hydrogens is 256 g/mol. The summed E-state index contributed by atoms with van der Waals surface area (Å²) < 4.78 is 0. The maximum absolute atomic E-state index is 4.43. The fourth-order valence-corrected chi connectivity index (χ4v) is 3.05. The molecule has 1 heterocycles. The quantitative estimate of drug-likeness (QED) is 0.557. The van der Waals surface area contributed by atoms with E-state index in [0.717, 1.165) is 49.2 Å². The molecule has 0 saturated heterocycles. The second-order valence-electron chi connectivity index (χ2n) is 4.27. The largest absolute Gasteiger partial charge is 0.370 e. The lowest BCUT2D eigenvalue weighted by atomic mass is 10.2. The third-order valence-corrected chi connectivity index (χ3v) is 4.16. The number of nitrogens with one attached hydrogen (secondary N) is 1. The Hall–Kier alpha value is -0.810. The smallest absolute Gasteiger partial charge is 0.133 e. The molecule has 1 aromatic heterocycles. The minimum Gasteiger partial charge on any atom is -0.370 e. The van der Waals surface area contributed by atoms with Crippen LogP contribution in [0.1, 0.15) is 33.3 Å². The van der Waals surface area contributed by atoms with E-state index in [1.165, 1.54) is 5.56 Å². The molecule has 1 aromatic rings. The summed E-state index contributed by atoms with van der Waals surface area (Å²) in [5.41, 5.74) is 1.24. The Kier molecular flexibility index (Phi) is 7.82. The van der Waals surface area contributed by atoms with Crippen LogP contribution in [0.3, 0.4) is 0 Å². The van der Waals surface area contributed by atoms with E-state index in [9.17, 15) is 0 Å². The lowest BCUT2D eigenvalue weighted by molar-refractivity contribution is 0.324. The van der Waals surface area contributed by atoms with E-state index in [1.54, 1.807) is 6.33 Å². The molecule has 0 aromatic carbocycles. The van der Waals surface area contributed by atoms with Crippen molar-refractivity contribution in [1.29, 1.82) is 0 Å². The summed E-state index contributed by atoms with van der Waals surface area (Å²) in [5.74, 6) is 2.07. The van der Waals surface area contributed by atoms with E-state index in [0.29, 0.717) is 0 Å². The van der Waals surface area contributed by atoms with Crippen molar-refractivity contribution in [2.24, 2.45) is 0 Å². The van der Waals surface area contributed by atoms with Gasteiger partial charge in [0.1, 0.15) is 17.2 Å². The van der Waals surface area contributed by atoms with Crippen molar-refractivity contribution in [2.75, 3.05) is 37.2 Å². The van der Waals surface area contributed by atoms with Crippen LogP contribution < -0.4 is 5.32 Å². The molecule has 0 unspecified atom stereocenters. The number of hydrogen-bond acceptors (Lipinski definition) is 5. The first-order chi connectivity index (χ1) is 9.26. The number of nitrogens with zero attached hydrogens (tertiary/aromatic N) is 3. The van der Waals surface area contributed by atoms with Crippen molar-refractivity contribution in [3.8, 4) is 0 Å². The van der Waals surface area contributed by atoms with Crippen molar-refractivity contribution in [3.05, 3.63) is 11.9 Å². The van der Waals surface area contributed by atoms with Crippen LogP contribution in [0.5, 0.6) is 0 Å². The topological polar surface area (TPSA) is 41.1 Å². The molecule has 1 rings (SSSR count). The Morgan fingerprint density at radius 3 is 2.47 bits per heavy atom. The molecule has 0 saturated carbocycles. The van der Waals surface area contributed by atoms with Crippen LogP contribution in [0, 0.1) is 0 Å². The van der Waals surface area contributed by atoms with E-state index in [-0.39, 0.29) is 0 Å². The van der Waals surface area contributed by atoms with Gasteiger partial charge in [0.25, 0.3) is 0 Å². The van der Waals surface area contributed by atoms with E-state index in [2.05, 4.69) is 47.9 Å². The first kappa shape index (κ1) is 16.2. The predicted molar refractivity (Wildman–Crippen MR) is 84.1 cm³/mol. The van der Waals surface area contributed by atoms with Crippen LogP contribution in [0.2, 0.25) is 0 Å². The molecule has 1 N–H and O–H groups in total. The zero-order valence-electron chi connectivity index (χ0n) is 12.6. The van der Waals surface area contributed by atoms with Gasteiger partial charge in [0.15, 0.2) is 0 Å². The average Bonchev–Trinajstić information content (AvgIpc) is 2.44. The molecule has 0 fully saturated rings. The van der Waals surface area contributed by atoms with Gasteiger partial charge < -0.3 is 10.2 Å². The monoisotopic (exact) mass is 282 g/mol. The molecule has 4 nitrogen and oxygen atoms in total. The molecule has 0 radical (unpaired) electrons. The summed E-state index contributed by atoms with van der Waals surface area (Å²) in [4.78, 5) is 11.2. The molecule has 19 heavy (non-hydrogen) atoms. The molecule has 5 heteroatoms. The number of aromatic nitrogens is 2. The maximum atomic E-state index is 4.43. The van der Waals surface area contributed by atoms with Gasteiger partial charge in [-0.25, -0.2) is 9.97 Å². The summed E-state index contributed by atoms with van der Waals surface area (Å²) in [7, 11) is 0. The summed E-state index contributed by atoms with van der Waals surface area (Å²) >= 11 is 1.84. The molecular formula is C14H26N4S. The van der Waals surface area contributed by atoms with Gasteiger partial charge in [0.05, 0.1) is 0 Å². The van der Waals surface area contributed by atoms with Gasteiger partial charge in [-0.1, -0.05) is 20.8 Å². The second-order valence-corrected chi connectivity index (χ2v) is 5.35. The van der Waals surface area contributed by atoms with Crippen molar-refractivity contribution < 1.29 is 0 Å². The Balaban J connectivity index is 2.64. The van der Waals surface area contributed by atoms with Crippen LogP contribution in [0.4, 0.5) is 5.82 Å². The summed E-state index contributed by atoms with van der Waals surface area (Å²) in [6, 6.07) is 0. The van der Waals surface area contributed by atoms with E-state index < -0.39 is 0 Å². The second kappa shape index (κ2) is 9.15. The van der Waals surface area contributed by atoms with Gasteiger partial charge in [0, 0.05) is 24.4 Å². The first-order valence-electron chi connectivity index (χ1n) is 7.19. The number of rotatable bonds is 9. The minimum atomic E-state index is 0.896. The van der Waals surface area contributed by atoms with E-state index >= 15 is 0 Å². The van der Waals surface area contributed by atoms with E-state index in [4.69, 9.17) is 0 Å². The third-order valence-electron chi connectivity index (χ3n) is 3.14. The van der Waals surface area contributed by atoms with Gasteiger partial charge in [-0.2, -0.15) is 0 Å². The fourth-order valence-electron chi connectivity index (χ4n) is 1.97. The van der Waals surface area contributed by atoms with Gasteiger partial charge in [-0.3, -0.25) is 0 Å². The van der Waals surface area contributed by atoms with Crippen LogP contribution >= 0.6 is 11.8 Å². The number of anilines is 1. The van der Waals surface area contributed by atoms with Crippen LogP contribution in [-0.4, -0.2) is 46.8 Å². The molecule has 108 valence electrons. The molecule has 0 aliphatic rings. The van der Waals surface area contributed by atoms with Crippen LogP contribution in [0.25, 0.3) is 0 Å². The lowest BCUT2D eigenvalue weighted by Crippen LogP contribution is -2.25. The van der Waals surface area contributed by atoms with Gasteiger partial charge in [-0.15, -0.1) is 11.8 Å². The maximum Gasteiger partial charge on any atom is 0.133 e. The van der Waals surface area contributed by atoms with Crippen LogP contribution in [-0.2, 0) is 6.42 Å². The number of thioether (sulfide) groups is 1. The molecule has 0 aliphatic heterocycles. The summed E-state index contributed by atoms with van der Waals surface area (Å²) in [6.45, 7) is 12.9. The normalized spacial score (nSPS) is 11.0. The first-order valence-corrected chi connectivity index (χ1v) is 8.18. The third kappa shape index (κ3) is 4.99. The Morgan fingerprint density at radius 1 is 1.16 bits per heavy atom. The number of hydrogen-bond donors (Lipinski definition) is 1. The predicted octanol–water partition coefficient (Wildman–Crippen LogP) is 2.90. The highest BCUT2D eigenvalue weighted by molar-refractivity contribution is 7.99. The van der Waals surface area contributed by atoms with Crippen molar-refractivity contribution in [1.82, 2.24) is 14.9 Å². The lowest BCUT2D eigenvalue weighted by Gasteiger charge is -2.18. The van der Waals surface area contributed by atoms with Crippen molar-refractivity contribution in [2.45, 2.75) is 39.1 Å². The highest BCUT2D eigenvalue weighted by Crippen LogP contribution is 2.25. The molecule has 0 atom stereocenters. The highest BCUT2D eigenvalue weighted by atomic mass is 32.2. The minimum absolute atomic E-state index is 0.896. The Labute approximate surface area is 121 Å². The van der Waals surface area contributed by atoms with E-state index in [1.807, 2.05) is 11.8 Å². The Bertz CT molecular complexity index is 366. The van der Waals surface area contributed by atoms with Gasteiger partial charge in [0.2, 0.25) is 0 Å². The Morgan fingerprint density at radius 2 is 1.89 bits per heavy atom. The summed E-state index contributed by atoms with van der Waals surface area (Å²) in [6.07, 6.45) is 2.63. The average molecular weight is 282 g/mol. The molecule has 0 spiro atoms. The molecule has 0 bridgehead atoms. The highest BCUT2D eigenvalue weighted by Gasteiger charge is 2.10. The molecule has 0 aliphatic carbocycles. The zero-order valence-corrected chi connectivity index (χ0v) is 13.4. The van der Waals surface area contributed by atoms with Crippen molar-refractivity contribution >= 4 is 17.6 Å². The summed E-state index contributed by atoms with van der Waals surface area (Å²) in [5, 5.41) is 4.44. The zero-order chi connectivity index (χ0) is 14.1. The SMILES string of the molecule is CCNc1ncnc(SCCN(CC)CC)c1CC. The fraction of sp³-hybridized carbons (Fsp3) is 0.714. The van der Waals surface area contributed by atoms with Crippen molar-refractivity contribution in [3.63, 3.8) is 0 Å². The van der Waals surface area contributed by atoms with Gasteiger partial charge in [-0.05, 0) is 26.4 Å². The van der Waals surface area contributed by atoms with Gasteiger partial charge >= 0.3 is 0 Å². The molecule has 0 amide bonds.